The fraction of sp³-hybridized carbons (Fsp3) is 0.157. The van der Waals surface area contributed by atoms with E-state index >= 15 is 0 Å². The fourth-order valence-electron chi connectivity index (χ4n) is 12.8. The van der Waals surface area contributed by atoms with E-state index in [9.17, 15) is 0 Å². The molecule has 109 heavy (non-hydrogen) atoms. The van der Waals surface area contributed by atoms with Gasteiger partial charge in [-0.05, 0) is 58.7 Å². The van der Waals surface area contributed by atoms with Crippen LogP contribution in [0.3, 0.4) is 0 Å². The molecule has 14 aromatic rings. The molecule has 3 aliphatic rings. The zero-order valence-electron chi connectivity index (χ0n) is 63.3. The zero-order chi connectivity index (χ0) is 74.7. The summed E-state index contributed by atoms with van der Waals surface area (Å²) in [6, 6.07) is 126. The van der Waals surface area contributed by atoms with Gasteiger partial charge in [0.1, 0.15) is 0 Å². The Morgan fingerprint density at radius 1 is 0.339 bits per heavy atom. The van der Waals surface area contributed by atoms with Gasteiger partial charge in [0.25, 0.3) is 0 Å². The van der Waals surface area contributed by atoms with Crippen molar-refractivity contribution >= 4 is 27.8 Å². The summed E-state index contributed by atoms with van der Waals surface area (Å²) in [6.45, 7) is 27.4. The number of aliphatic imine (C=N–C) groups is 1. The van der Waals surface area contributed by atoms with Gasteiger partial charge >= 0.3 is 26.2 Å². The Morgan fingerprint density at radius 3 is 0.954 bits per heavy atom. The Bertz CT molecular complexity index is 4220. The molecule has 7 heteroatoms. The molecule has 0 bridgehead atoms. The van der Waals surface area contributed by atoms with Gasteiger partial charge in [0.15, 0.2) is 0 Å². The van der Waals surface area contributed by atoms with E-state index in [0.717, 1.165) is 51.4 Å². The van der Waals surface area contributed by atoms with Crippen LogP contribution in [0.5, 0.6) is 0 Å². The molecular weight excluding hydrogens is 1480 g/mol. The van der Waals surface area contributed by atoms with E-state index in [-0.39, 0.29) is 64.5 Å². The maximum atomic E-state index is 5.36. The maximum Gasteiger partial charge on any atom is 4.00 e. The van der Waals surface area contributed by atoms with Crippen molar-refractivity contribution in [3.8, 4) is 11.1 Å². The normalized spacial score (nSPS) is 12.8. The van der Waals surface area contributed by atoms with E-state index in [2.05, 4.69) is 216 Å². The van der Waals surface area contributed by atoms with Crippen molar-refractivity contribution in [1.29, 1.82) is 0 Å². The molecule has 5 nitrogen and oxygen atoms in total. The third-order valence-electron chi connectivity index (χ3n) is 18.3. The van der Waals surface area contributed by atoms with Crippen molar-refractivity contribution < 1.29 is 52.4 Å². The monoisotopic (exact) mass is 1580 g/mol. The van der Waals surface area contributed by atoms with E-state index < -0.39 is 0 Å². The summed E-state index contributed by atoms with van der Waals surface area (Å²) in [6.07, 6.45) is 12.8. The summed E-state index contributed by atoms with van der Waals surface area (Å²) in [7, 11) is 0. The van der Waals surface area contributed by atoms with Gasteiger partial charge in [0.2, 0.25) is 5.96 Å². The van der Waals surface area contributed by atoms with Crippen LogP contribution in [0.15, 0.2) is 375 Å². The van der Waals surface area contributed by atoms with Crippen LogP contribution in [0, 0.1) is 48.5 Å². The smallest absolute Gasteiger partial charge is 0.674 e. The first-order valence-electron chi connectivity index (χ1n) is 37.6. The molecule has 1 heterocycles. The summed E-state index contributed by atoms with van der Waals surface area (Å²) in [5, 5.41) is 16.9. The summed E-state index contributed by atoms with van der Waals surface area (Å²) >= 11 is 0. The molecule has 550 valence electrons. The molecular formula is C102H104N5Zr2-5. The molecule has 0 saturated heterocycles. The quantitative estimate of drug-likeness (QED) is 0.0874. The van der Waals surface area contributed by atoms with Crippen LogP contribution in [0.2, 0.25) is 0 Å². The van der Waals surface area contributed by atoms with Gasteiger partial charge in [-0.25, -0.2) is 11.2 Å². The van der Waals surface area contributed by atoms with E-state index in [1.54, 1.807) is 0 Å². The summed E-state index contributed by atoms with van der Waals surface area (Å²) in [5.41, 5.74) is 17.9. The number of hydrogen-bond acceptors (Lipinski definition) is 1. The van der Waals surface area contributed by atoms with Crippen molar-refractivity contribution in [2.75, 3.05) is 0 Å². The first kappa shape index (κ1) is 86.1. The molecule has 1 N–H and O–H groups in total. The molecule has 0 amide bonds. The average Bonchev–Trinajstić information content (AvgIpc) is 1.61. The van der Waals surface area contributed by atoms with Gasteiger partial charge < -0.3 is 16.0 Å². The first-order chi connectivity index (χ1) is 52.6. The summed E-state index contributed by atoms with van der Waals surface area (Å²) in [4.78, 5) is 5.10. The Kier molecular flexibility index (Phi) is 39.3. The van der Waals surface area contributed by atoms with Crippen LogP contribution in [0.25, 0.3) is 43.6 Å². The van der Waals surface area contributed by atoms with Crippen molar-refractivity contribution in [3.63, 3.8) is 0 Å². The average molecular weight is 1580 g/mol. The molecule has 0 aliphatic heterocycles. The van der Waals surface area contributed by atoms with Crippen LogP contribution < -0.4 is 5.32 Å². The van der Waals surface area contributed by atoms with E-state index in [0.29, 0.717) is 18.6 Å². The number of hydrogen-bond donors (Lipinski definition) is 1. The number of nitrogens with zero attached hydrogens (tertiary/aromatic N) is 4. The van der Waals surface area contributed by atoms with Crippen molar-refractivity contribution in [1.82, 2.24) is 9.88 Å². The van der Waals surface area contributed by atoms with E-state index in [1.807, 2.05) is 212 Å². The third-order valence-corrected chi connectivity index (χ3v) is 18.3. The van der Waals surface area contributed by atoms with Gasteiger partial charge in [-0.1, -0.05) is 245 Å². The van der Waals surface area contributed by atoms with Crippen LogP contribution >= 0.6 is 0 Å². The maximum absolute atomic E-state index is 5.36. The van der Waals surface area contributed by atoms with E-state index in [1.165, 1.54) is 119 Å². The predicted molar refractivity (Wildman–Crippen MR) is 460 cm³/mol. The van der Waals surface area contributed by atoms with Crippen LogP contribution in [0.1, 0.15) is 131 Å². The molecule has 13 aromatic carbocycles. The standard InChI is InChI=1S/C27H28N2.C26H27N3.7C7H7.2Zr/c1-3-11-20(12-4-1)19-28-27(29-21-13-5-2-6-14-21)26-24-17-9-7-15-22(24)23-16-8-10-18-25(23)26;1-3-11-20(12-4-1)19-27-26(28-21-13-5-2-6-14-21)29-24-17-9-7-15-22(24)23-16-8-10-18-25(23)29;7*1-7-5-3-2-4-6-7;;/h1,3-4,7-12,15-18,21,26-27H,2,5-6,13-14,19H2;1,3-4,7-12,15-18,21H,2,5-6,13-14,19H2,(H,27,28);7*2-6H,1H2;;/q-2;;7*-1;;+4. The topological polar surface area (TPSA) is 57.5 Å². The third kappa shape index (κ3) is 30.5. The second-order valence-corrected chi connectivity index (χ2v) is 26.7. The number of aromatic nitrogens is 1. The molecule has 1 atom stereocenters. The molecule has 2 saturated carbocycles. The van der Waals surface area contributed by atoms with Crippen molar-refractivity contribution in [2.45, 2.75) is 101 Å². The molecule has 17 rings (SSSR count). The Balaban J connectivity index is 0.000000188. The molecule has 2 fully saturated rings. The molecule has 1 aromatic heterocycles. The molecule has 3 aliphatic carbocycles. The summed E-state index contributed by atoms with van der Waals surface area (Å²) < 4.78 is 2.32. The Morgan fingerprint density at radius 2 is 0.624 bits per heavy atom. The van der Waals surface area contributed by atoms with Crippen LogP contribution in [-0.2, 0) is 65.5 Å². The van der Waals surface area contributed by atoms with Gasteiger partial charge in [-0.3, -0.25) is 4.57 Å². The van der Waals surface area contributed by atoms with Gasteiger partial charge in [-0.15, -0.1) is 97.5 Å². The van der Waals surface area contributed by atoms with Crippen LogP contribution in [-0.4, -0.2) is 28.8 Å². The second-order valence-electron chi connectivity index (χ2n) is 26.7. The zero-order valence-corrected chi connectivity index (χ0v) is 68.2. The fourth-order valence-corrected chi connectivity index (χ4v) is 12.8. The minimum Gasteiger partial charge on any atom is -0.674 e. The first-order valence-corrected chi connectivity index (χ1v) is 37.6. The minimum absolute atomic E-state index is 0. The number of benzene rings is 13. The van der Waals surface area contributed by atoms with Crippen molar-refractivity contribution in [2.24, 2.45) is 4.99 Å². The second kappa shape index (κ2) is 49.8. The number of para-hydroxylation sites is 2. The Hall–Kier alpha value is -10.1. The number of rotatable bonds is 9. The molecule has 0 radical (unpaired) electrons. The van der Waals surface area contributed by atoms with Crippen molar-refractivity contribution in [3.05, 3.63) is 490 Å². The SMILES string of the molecule is [CH2-]c1ccccc1.[CH2-]c1ccccc1.[CH2-]c1ccccc1.[CH2-]c1ccccc1.[CH2-]c1ccccc1.[CH2-]c1ccccc1.[CH2-]c1ccccc1.[Zr+4].[Zr].c1ccc(CN=C(NC2CCCCC2)n2c3ccccc3c3ccccc32)cc1.c1ccc(C[N-]C([N-]C2CCCCC2)C2c3ccccc3-c3ccccc32)cc1. The summed E-state index contributed by atoms with van der Waals surface area (Å²) in [5.74, 6) is 1.20. The molecule has 1 unspecified atom stereocenters. The minimum atomic E-state index is -0.0249. The van der Waals surface area contributed by atoms with Gasteiger partial charge in [0.05, 0.1) is 17.6 Å². The molecule has 0 spiro atoms. The number of nitrogens with one attached hydrogen (secondary N) is 1. The van der Waals surface area contributed by atoms with Crippen LogP contribution in [0.4, 0.5) is 0 Å². The van der Waals surface area contributed by atoms with Gasteiger partial charge in [0, 0.05) is 43.0 Å². The Labute approximate surface area is 692 Å². The number of fused-ring (bicyclic) bond motifs is 6. The largest absolute Gasteiger partial charge is 4.00 e. The predicted octanol–water partition coefficient (Wildman–Crippen LogP) is 26.6. The van der Waals surface area contributed by atoms with Gasteiger partial charge in [-0.2, -0.15) is 172 Å². The van der Waals surface area contributed by atoms with E-state index in [4.69, 9.17) is 15.6 Å².